The average Bonchev–Trinajstić information content (AvgIpc) is 2.93. The van der Waals surface area contributed by atoms with Crippen molar-refractivity contribution in [2.45, 2.75) is 97.3 Å². The first kappa shape index (κ1) is 36.2. The second kappa shape index (κ2) is 15.1. The first-order valence-corrected chi connectivity index (χ1v) is 15.4. The highest BCUT2D eigenvalue weighted by molar-refractivity contribution is 5.91. The summed E-state index contributed by atoms with van der Waals surface area (Å²) >= 11 is 0. The molecule has 242 valence electrons. The van der Waals surface area contributed by atoms with Crippen LogP contribution in [0.2, 0.25) is 0 Å². The molecule has 1 aliphatic heterocycles. The van der Waals surface area contributed by atoms with Crippen LogP contribution in [-0.2, 0) is 24.6 Å². The molecular weight excluding hydrogens is 546 g/mol. The molecule has 0 aliphatic carbocycles. The Morgan fingerprint density at radius 3 is 2.12 bits per heavy atom. The molecule has 1 aromatic carbocycles. The first-order valence-electron chi connectivity index (χ1n) is 15.4. The van der Waals surface area contributed by atoms with Crippen LogP contribution in [0.25, 0.3) is 0 Å². The van der Waals surface area contributed by atoms with Crippen LogP contribution in [0.1, 0.15) is 73.3 Å². The van der Waals surface area contributed by atoms with Gasteiger partial charge >= 0.3 is 5.97 Å². The highest BCUT2D eigenvalue weighted by Crippen LogP contribution is 2.29. The molecule has 0 bridgehead atoms. The second-order valence-corrected chi connectivity index (χ2v) is 14.0. The van der Waals surface area contributed by atoms with Crippen molar-refractivity contribution in [2.75, 3.05) is 40.8 Å². The summed E-state index contributed by atoms with van der Waals surface area (Å²) in [6.45, 7) is 14.8. The fourth-order valence-electron chi connectivity index (χ4n) is 6.07. The van der Waals surface area contributed by atoms with E-state index >= 15 is 0 Å². The molecule has 10 heteroatoms. The third-order valence-electron chi connectivity index (χ3n) is 8.82. The first-order chi connectivity index (χ1) is 19.9. The standard InChI is InChI=1S/C33H55N5O5/c1-22(2)25(20-36(9)21-26(39)38-19-15-14-18-24(38)31(42)43)37(10)30(41)28(32(3,4)5)35-29(40)27(34-8)33(6,7)23-16-12-11-13-17-23/h11-13,16-17,22,24-25,27-28,34H,14-15,18-21H2,1-10H3,(H,35,40)(H,42,43)/t24-,25+,27?,28+/m0/s1. The number of likely N-dealkylation sites (tertiary alicyclic amines) is 1. The second-order valence-electron chi connectivity index (χ2n) is 14.0. The lowest BCUT2D eigenvalue weighted by atomic mass is 9.76. The number of rotatable bonds is 13. The van der Waals surface area contributed by atoms with E-state index in [0.29, 0.717) is 19.5 Å². The molecule has 1 aliphatic rings. The van der Waals surface area contributed by atoms with Gasteiger partial charge in [0.2, 0.25) is 17.7 Å². The zero-order valence-corrected chi connectivity index (χ0v) is 27.9. The maximum absolute atomic E-state index is 14.1. The van der Waals surface area contributed by atoms with E-state index < -0.39 is 34.9 Å². The molecule has 1 heterocycles. The number of carboxylic acids is 1. The highest BCUT2D eigenvalue weighted by atomic mass is 16.4. The van der Waals surface area contributed by atoms with Crippen molar-refractivity contribution in [2.24, 2.45) is 11.3 Å². The van der Waals surface area contributed by atoms with Crippen molar-refractivity contribution in [3.05, 3.63) is 35.9 Å². The van der Waals surface area contributed by atoms with E-state index in [2.05, 4.69) is 10.6 Å². The number of benzene rings is 1. The average molecular weight is 602 g/mol. The SMILES string of the molecule is CNC(C(=O)N[C@H](C(=O)N(C)[C@H](CN(C)CC(=O)N1CCCC[C@H]1C(=O)O)C(C)C)C(C)(C)C)C(C)(C)c1ccccc1. The van der Waals surface area contributed by atoms with Crippen molar-refractivity contribution in [1.82, 2.24) is 25.3 Å². The molecule has 10 nitrogen and oxygen atoms in total. The monoisotopic (exact) mass is 601 g/mol. The molecule has 43 heavy (non-hydrogen) atoms. The molecular formula is C33H55N5O5. The summed E-state index contributed by atoms with van der Waals surface area (Å²) < 4.78 is 0. The van der Waals surface area contributed by atoms with Gasteiger partial charge in [-0.15, -0.1) is 0 Å². The summed E-state index contributed by atoms with van der Waals surface area (Å²) in [7, 11) is 5.32. The van der Waals surface area contributed by atoms with Gasteiger partial charge in [0.25, 0.3) is 0 Å². The number of nitrogens with zero attached hydrogens (tertiary/aromatic N) is 3. The minimum absolute atomic E-state index is 0.0617. The van der Waals surface area contributed by atoms with Crippen LogP contribution >= 0.6 is 0 Å². The quantitative estimate of drug-likeness (QED) is 0.318. The Hall–Kier alpha value is -2.98. The van der Waals surface area contributed by atoms with Crippen LogP contribution in [-0.4, -0.2) is 108 Å². The van der Waals surface area contributed by atoms with Crippen LogP contribution < -0.4 is 10.6 Å². The number of carbonyl (C=O) groups excluding carboxylic acids is 3. The lowest BCUT2D eigenvalue weighted by molar-refractivity contribution is -0.152. The van der Waals surface area contributed by atoms with Crippen LogP contribution in [0.3, 0.4) is 0 Å². The van der Waals surface area contributed by atoms with Gasteiger partial charge in [-0.3, -0.25) is 19.3 Å². The van der Waals surface area contributed by atoms with E-state index in [1.807, 2.05) is 90.7 Å². The van der Waals surface area contributed by atoms with Crippen molar-refractivity contribution in [3.8, 4) is 0 Å². The van der Waals surface area contributed by atoms with Gasteiger partial charge in [0, 0.05) is 31.6 Å². The van der Waals surface area contributed by atoms with E-state index in [1.54, 1.807) is 19.0 Å². The molecule has 0 saturated carbocycles. The molecule has 1 saturated heterocycles. The number of aliphatic carboxylic acids is 1. The number of amides is 3. The van der Waals surface area contributed by atoms with Gasteiger partial charge in [-0.25, -0.2) is 4.79 Å². The number of piperidine rings is 1. The Morgan fingerprint density at radius 1 is 1.00 bits per heavy atom. The van der Waals surface area contributed by atoms with E-state index in [0.717, 1.165) is 18.4 Å². The van der Waals surface area contributed by atoms with Gasteiger partial charge in [0.05, 0.1) is 12.6 Å². The molecule has 3 N–H and O–H groups in total. The molecule has 1 fully saturated rings. The van der Waals surface area contributed by atoms with Gasteiger partial charge < -0.3 is 25.5 Å². The topological polar surface area (TPSA) is 122 Å². The van der Waals surface area contributed by atoms with E-state index in [4.69, 9.17) is 0 Å². The van der Waals surface area contributed by atoms with Gasteiger partial charge in [0.15, 0.2) is 0 Å². The number of carbonyl (C=O) groups is 4. The Morgan fingerprint density at radius 2 is 1.60 bits per heavy atom. The minimum Gasteiger partial charge on any atom is -0.480 e. The smallest absolute Gasteiger partial charge is 0.326 e. The predicted octanol–water partition coefficient (Wildman–Crippen LogP) is 2.96. The maximum Gasteiger partial charge on any atom is 0.326 e. The van der Waals surface area contributed by atoms with Gasteiger partial charge in [0.1, 0.15) is 12.1 Å². The molecule has 1 unspecified atom stereocenters. The van der Waals surface area contributed by atoms with E-state index in [1.165, 1.54) is 4.90 Å². The maximum atomic E-state index is 14.1. The number of hydrogen-bond donors (Lipinski definition) is 3. The Labute approximate surface area is 258 Å². The number of nitrogens with one attached hydrogen (secondary N) is 2. The highest BCUT2D eigenvalue weighted by Gasteiger charge is 2.42. The number of hydrogen-bond acceptors (Lipinski definition) is 6. The Bertz CT molecular complexity index is 1100. The summed E-state index contributed by atoms with van der Waals surface area (Å²) in [4.78, 5) is 57.7. The van der Waals surface area contributed by atoms with E-state index in [-0.39, 0.29) is 36.2 Å². The summed E-state index contributed by atoms with van der Waals surface area (Å²) in [5.41, 5.74) is -0.0992. The zero-order valence-electron chi connectivity index (χ0n) is 27.9. The van der Waals surface area contributed by atoms with Crippen molar-refractivity contribution in [3.63, 3.8) is 0 Å². The largest absolute Gasteiger partial charge is 0.480 e. The number of carboxylic acid groups (broad SMARTS) is 1. The molecule has 2 rings (SSSR count). The third kappa shape index (κ3) is 9.25. The van der Waals surface area contributed by atoms with Crippen LogP contribution in [0.5, 0.6) is 0 Å². The third-order valence-corrected chi connectivity index (χ3v) is 8.82. The predicted molar refractivity (Wildman–Crippen MR) is 170 cm³/mol. The fraction of sp³-hybridized carbons (Fsp3) is 0.697. The van der Waals surface area contributed by atoms with Gasteiger partial charge in [-0.05, 0) is 50.3 Å². The van der Waals surface area contributed by atoms with Crippen LogP contribution in [0, 0.1) is 11.3 Å². The normalized spacial score (nSPS) is 18.2. The van der Waals surface area contributed by atoms with Crippen LogP contribution in [0.15, 0.2) is 30.3 Å². The van der Waals surface area contributed by atoms with Gasteiger partial charge in [-0.2, -0.15) is 0 Å². The Balaban J connectivity index is 2.21. The summed E-state index contributed by atoms with van der Waals surface area (Å²) in [5, 5.41) is 15.8. The lowest BCUT2D eigenvalue weighted by Gasteiger charge is -2.41. The van der Waals surface area contributed by atoms with Crippen LogP contribution in [0.4, 0.5) is 0 Å². The fourth-order valence-corrected chi connectivity index (χ4v) is 6.07. The van der Waals surface area contributed by atoms with Crippen molar-refractivity contribution < 1.29 is 24.3 Å². The minimum atomic E-state index is -0.968. The summed E-state index contributed by atoms with van der Waals surface area (Å²) in [6.07, 6.45) is 2.05. The molecule has 0 aromatic heterocycles. The van der Waals surface area contributed by atoms with Crippen molar-refractivity contribution >= 4 is 23.7 Å². The molecule has 3 amide bonds. The molecule has 0 radical (unpaired) electrons. The summed E-state index contributed by atoms with van der Waals surface area (Å²) in [5.74, 6) is -1.58. The Kier molecular flexibility index (Phi) is 12.8. The summed E-state index contributed by atoms with van der Waals surface area (Å²) in [6, 6.07) is 7.44. The molecule has 4 atom stereocenters. The lowest BCUT2D eigenvalue weighted by Crippen LogP contribution is -2.62. The van der Waals surface area contributed by atoms with E-state index in [9.17, 15) is 24.3 Å². The van der Waals surface area contributed by atoms with Gasteiger partial charge in [-0.1, -0.05) is 78.8 Å². The van der Waals surface area contributed by atoms with Crippen molar-refractivity contribution in [1.29, 1.82) is 0 Å². The molecule has 1 aromatic rings. The number of likely N-dealkylation sites (N-methyl/N-ethyl adjacent to an activating group) is 3. The molecule has 0 spiro atoms. The zero-order chi connectivity index (χ0) is 32.7.